The molecule has 0 fully saturated rings. The number of benzene rings is 1. The summed E-state index contributed by atoms with van der Waals surface area (Å²) in [5.74, 6) is -0.466. The number of fused-ring (bicyclic) bond motifs is 1. The average Bonchev–Trinajstić information content (AvgIpc) is 2.95. The third kappa shape index (κ3) is 3.62. The Labute approximate surface area is 143 Å². The fourth-order valence-corrected chi connectivity index (χ4v) is 3.13. The highest BCUT2D eigenvalue weighted by Gasteiger charge is 2.43. The van der Waals surface area contributed by atoms with E-state index in [4.69, 9.17) is 5.73 Å². The molecule has 132 valence electrons. The zero-order valence-electron chi connectivity index (χ0n) is 14.9. The summed E-state index contributed by atoms with van der Waals surface area (Å²) in [6, 6.07) is 4.93. The second kappa shape index (κ2) is 6.95. The van der Waals surface area contributed by atoms with Gasteiger partial charge in [-0.05, 0) is 70.7 Å². The van der Waals surface area contributed by atoms with Gasteiger partial charge >= 0.3 is 0 Å². The van der Waals surface area contributed by atoms with Gasteiger partial charge < -0.3 is 21.3 Å². The summed E-state index contributed by atoms with van der Waals surface area (Å²) in [5.41, 5.74) is 8.81. The van der Waals surface area contributed by atoms with Gasteiger partial charge in [0.05, 0.1) is 12.1 Å². The van der Waals surface area contributed by atoms with Crippen molar-refractivity contribution in [3.63, 3.8) is 0 Å². The molecule has 3 atom stereocenters. The lowest BCUT2D eigenvalue weighted by atomic mass is 9.81. The van der Waals surface area contributed by atoms with Crippen LogP contribution >= 0.6 is 0 Å². The number of hydrogen-bond donors (Lipinski definition) is 4. The van der Waals surface area contributed by atoms with Crippen LogP contribution in [0.4, 0.5) is 5.69 Å². The Hall–Kier alpha value is -1.85. The molecular formula is C19H28N2O3. The normalized spacial score (nSPS) is 19.8. The number of carbonyl (C=O) groups is 1. The van der Waals surface area contributed by atoms with Crippen LogP contribution in [0.2, 0.25) is 0 Å². The highest BCUT2D eigenvalue weighted by molar-refractivity contribution is 5.93. The fourth-order valence-electron chi connectivity index (χ4n) is 3.13. The van der Waals surface area contributed by atoms with Crippen LogP contribution in [0.25, 0.3) is 0 Å². The van der Waals surface area contributed by atoms with Crippen LogP contribution in [-0.2, 0) is 6.42 Å². The minimum Gasteiger partial charge on any atom is -0.390 e. The van der Waals surface area contributed by atoms with Gasteiger partial charge in [0.2, 0.25) is 5.91 Å². The van der Waals surface area contributed by atoms with Gasteiger partial charge in [-0.15, -0.1) is 0 Å². The van der Waals surface area contributed by atoms with Crippen molar-refractivity contribution >= 4 is 11.6 Å². The number of nitrogens with one attached hydrogen (secondary N) is 1. The molecule has 0 saturated carbocycles. The topological polar surface area (TPSA) is 95.6 Å². The zero-order chi connectivity index (χ0) is 18.1. The lowest BCUT2D eigenvalue weighted by molar-refractivity contribution is -0.0824. The van der Waals surface area contributed by atoms with Gasteiger partial charge in [-0.1, -0.05) is 11.1 Å². The third-order valence-electron chi connectivity index (χ3n) is 5.22. The van der Waals surface area contributed by atoms with Crippen molar-refractivity contribution in [1.29, 1.82) is 0 Å². The molecule has 1 heterocycles. The Kier molecular flexibility index (Phi) is 5.35. The van der Waals surface area contributed by atoms with E-state index in [-0.39, 0.29) is 6.04 Å². The van der Waals surface area contributed by atoms with Crippen LogP contribution < -0.4 is 11.1 Å². The second-order valence-electron chi connectivity index (χ2n) is 7.08. The van der Waals surface area contributed by atoms with Crippen molar-refractivity contribution in [2.45, 2.75) is 64.7 Å². The molecule has 1 amide bonds. The van der Waals surface area contributed by atoms with Crippen molar-refractivity contribution in [1.82, 2.24) is 0 Å². The van der Waals surface area contributed by atoms with E-state index in [9.17, 15) is 15.0 Å². The fraction of sp³-hybridized carbons (Fsp3) is 0.526. The molecule has 5 N–H and O–H groups in total. The summed E-state index contributed by atoms with van der Waals surface area (Å²) >= 11 is 0. The molecule has 0 aromatic heterocycles. The van der Waals surface area contributed by atoms with Crippen LogP contribution in [0.15, 0.2) is 29.3 Å². The van der Waals surface area contributed by atoms with E-state index in [1.807, 2.05) is 20.8 Å². The largest absolute Gasteiger partial charge is 0.390 e. The van der Waals surface area contributed by atoms with Crippen molar-refractivity contribution < 1.29 is 15.0 Å². The van der Waals surface area contributed by atoms with Crippen molar-refractivity contribution in [2.24, 2.45) is 5.73 Å². The molecule has 5 nitrogen and oxygen atoms in total. The van der Waals surface area contributed by atoms with E-state index in [1.165, 1.54) is 11.1 Å². The van der Waals surface area contributed by atoms with Gasteiger partial charge in [-0.3, -0.25) is 4.79 Å². The number of hydrogen-bond acceptors (Lipinski definition) is 4. The molecule has 1 unspecified atom stereocenters. The van der Waals surface area contributed by atoms with Gasteiger partial charge in [0.25, 0.3) is 0 Å². The number of aliphatic hydroxyl groups is 2. The summed E-state index contributed by atoms with van der Waals surface area (Å²) in [7, 11) is 0. The first-order chi connectivity index (χ1) is 11.1. The minimum absolute atomic E-state index is 0.305. The van der Waals surface area contributed by atoms with Gasteiger partial charge in [-0.2, -0.15) is 0 Å². The van der Waals surface area contributed by atoms with E-state index in [1.54, 1.807) is 25.1 Å². The van der Waals surface area contributed by atoms with E-state index in [2.05, 4.69) is 5.32 Å². The summed E-state index contributed by atoms with van der Waals surface area (Å²) in [6.07, 6.45) is 0.872. The number of nitrogens with two attached hydrogens (primary N) is 1. The first kappa shape index (κ1) is 18.5. The van der Waals surface area contributed by atoms with Crippen molar-refractivity contribution in [3.05, 3.63) is 40.5 Å². The monoisotopic (exact) mass is 332 g/mol. The number of allylic oxidation sites excluding steroid dienone is 2. The minimum atomic E-state index is -1.25. The Balaban J connectivity index is 2.21. The molecule has 1 aliphatic heterocycles. The van der Waals surface area contributed by atoms with Crippen LogP contribution in [-0.4, -0.2) is 33.9 Å². The lowest BCUT2D eigenvalue weighted by Crippen LogP contribution is -2.53. The van der Waals surface area contributed by atoms with Gasteiger partial charge in [0, 0.05) is 11.3 Å². The van der Waals surface area contributed by atoms with E-state index < -0.39 is 17.6 Å². The Morgan fingerprint density at radius 1 is 1.42 bits per heavy atom. The first-order valence-corrected chi connectivity index (χ1v) is 8.37. The summed E-state index contributed by atoms with van der Waals surface area (Å²) in [5, 5.41) is 24.7. The van der Waals surface area contributed by atoms with Gasteiger partial charge in [-0.25, -0.2) is 0 Å². The second-order valence-corrected chi connectivity index (χ2v) is 7.08. The number of amides is 1. The van der Waals surface area contributed by atoms with E-state index in [0.29, 0.717) is 18.4 Å². The standard InChI is InChI=1S/C19H28N2O3/c1-11(2)12(3)7-8-19(24,13(4)22)17-10-15-9-14(18(20)23)5-6-16(15)21-17/h5-6,9,13,17,21-22,24H,7-8,10H2,1-4H3,(H2,20,23)/t13?,17-,19-/m1/s1. The Morgan fingerprint density at radius 3 is 2.62 bits per heavy atom. The summed E-state index contributed by atoms with van der Waals surface area (Å²) in [4.78, 5) is 11.3. The number of anilines is 1. The molecule has 1 aromatic rings. The summed E-state index contributed by atoms with van der Waals surface area (Å²) in [6.45, 7) is 7.77. The Bertz CT molecular complexity index is 663. The number of aliphatic hydroxyl groups excluding tert-OH is 1. The molecule has 2 rings (SSSR count). The van der Waals surface area contributed by atoms with E-state index >= 15 is 0 Å². The van der Waals surface area contributed by atoms with Crippen molar-refractivity contribution in [3.8, 4) is 0 Å². The Morgan fingerprint density at radius 2 is 2.08 bits per heavy atom. The molecule has 24 heavy (non-hydrogen) atoms. The molecule has 0 spiro atoms. The molecular weight excluding hydrogens is 304 g/mol. The number of carbonyl (C=O) groups excluding carboxylic acids is 1. The van der Waals surface area contributed by atoms with Crippen LogP contribution in [0, 0.1) is 0 Å². The smallest absolute Gasteiger partial charge is 0.248 e. The molecule has 0 bridgehead atoms. The third-order valence-corrected chi connectivity index (χ3v) is 5.22. The SMILES string of the molecule is CC(C)=C(C)CC[C@@](O)(C(C)O)[C@H]1Cc2cc(C(N)=O)ccc2N1. The van der Waals surface area contributed by atoms with Crippen molar-refractivity contribution in [2.75, 3.05) is 5.32 Å². The number of primary amides is 1. The molecule has 1 aromatic carbocycles. The van der Waals surface area contributed by atoms with Gasteiger partial charge in [0.15, 0.2) is 0 Å². The highest BCUT2D eigenvalue weighted by Crippen LogP contribution is 2.36. The predicted molar refractivity (Wildman–Crippen MR) is 96.0 cm³/mol. The van der Waals surface area contributed by atoms with Gasteiger partial charge in [0.1, 0.15) is 5.60 Å². The maximum atomic E-state index is 11.3. The molecule has 0 aliphatic carbocycles. The summed E-state index contributed by atoms with van der Waals surface area (Å²) < 4.78 is 0. The molecule has 1 aliphatic rings. The molecule has 0 saturated heterocycles. The quantitative estimate of drug-likeness (QED) is 0.601. The van der Waals surface area contributed by atoms with Crippen LogP contribution in [0.3, 0.4) is 0 Å². The lowest BCUT2D eigenvalue weighted by Gasteiger charge is -2.37. The zero-order valence-corrected chi connectivity index (χ0v) is 14.9. The maximum Gasteiger partial charge on any atom is 0.248 e. The number of rotatable bonds is 6. The average molecular weight is 332 g/mol. The first-order valence-electron chi connectivity index (χ1n) is 8.37. The highest BCUT2D eigenvalue weighted by atomic mass is 16.3. The molecule has 5 heteroatoms. The van der Waals surface area contributed by atoms with E-state index in [0.717, 1.165) is 17.7 Å². The maximum absolute atomic E-state index is 11.3. The predicted octanol–water partition coefficient (Wildman–Crippen LogP) is 2.37. The molecule has 0 radical (unpaired) electrons. The van der Waals surface area contributed by atoms with Crippen LogP contribution in [0.1, 0.15) is 56.5 Å². The van der Waals surface area contributed by atoms with Crippen LogP contribution in [0.5, 0.6) is 0 Å².